The molecule has 13 nitrogen and oxygen atoms in total. The molecule has 13 heteroatoms. The van der Waals surface area contributed by atoms with Crippen molar-refractivity contribution in [3.63, 3.8) is 0 Å². The van der Waals surface area contributed by atoms with Crippen LogP contribution < -0.4 is 15.4 Å². The van der Waals surface area contributed by atoms with Gasteiger partial charge in [0.2, 0.25) is 0 Å². The van der Waals surface area contributed by atoms with Gasteiger partial charge in [-0.25, -0.2) is 14.3 Å². The number of carbonyl (C=O) groups excluding carboxylic acids is 1. The van der Waals surface area contributed by atoms with Crippen LogP contribution in [0.25, 0.3) is 16.6 Å². The fourth-order valence-electron chi connectivity index (χ4n) is 6.57. The third-order valence-corrected chi connectivity index (χ3v) is 8.94. The number of amides is 2. The Morgan fingerprint density at radius 3 is 2.54 bits per heavy atom. The van der Waals surface area contributed by atoms with E-state index in [2.05, 4.69) is 25.7 Å². The van der Waals surface area contributed by atoms with Gasteiger partial charge < -0.3 is 30.0 Å². The number of fused-ring (bicyclic) bond motifs is 3. The summed E-state index contributed by atoms with van der Waals surface area (Å²) in [5.41, 5.74) is 4.08. The highest BCUT2D eigenvalue weighted by Crippen LogP contribution is 2.36. The van der Waals surface area contributed by atoms with Gasteiger partial charge in [-0.1, -0.05) is 0 Å². The van der Waals surface area contributed by atoms with E-state index in [1.165, 1.54) is 4.90 Å². The molecular weight excluding hydrogens is 590 g/mol. The number of ether oxygens (including phenoxy) is 3. The van der Waals surface area contributed by atoms with Crippen LogP contribution in [-0.4, -0.2) is 92.7 Å². The number of rotatable bonds is 8. The van der Waals surface area contributed by atoms with Gasteiger partial charge >= 0.3 is 6.09 Å². The van der Waals surface area contributed by atoms with Crippen molar-refractivity contribution in [2.24, 2.45) is 5.92 Å². The molecule has 2 amide bonds. The summed E-state index contributed by atoms with van der Waals surface area (Å²) in [6, 6.07) is 11.0. The lowest BCUT2D eigenvalue weighted by atomic mass is 9.92. The van der Waals surface area contributed by atoms with Gasteiger partial charge in [0.25, 0.3) is 5.91 Å². The topological polar surface area (TPSA) is 152 Å². The van der Waals surface area contributed by atoms with Crippen LogP contribution in [0.3, 0.4) is 0 Å². The molecule has 0 spiro atoms. The van der Waals surface area contributed by atoms with E-state index in [-0.39, 0.29) is 24.1 Å². The Kier molecular flexibility index (Phi) is 8.41. The van der Waals surface area contributed by atoms with Crippen LogP contribution in [-0.2, 0) is 9.47 Å². The lowest BCUT2D eigenvalue weighted by Crippen LogP contribution is -2.60. The highest BCUT2D eigenvalue weighted by Gasteiger charge is 2.42. The second kappa shape index (κ2) is 12.9. The van der Waals surface area contributed by atoms with E-state index in [4.69, 9.17) is 14.2 Å². The summed E-state index contributed by atoms with van der Waals surface area (Å²) >= 11 is 0. The van der Waals surface area contributed by atoms with Crippen molar-refractivity contribution in [1.82, 2.24) is 29.8 Å². The Hall–Kier alpha value is -4.75. The Balaban J connectivity index is 1.03. The predicted molar refractivity (Wildman–Crippen MR) is 168 cm³/mol. The number of nitrogens with zero attached hydrogens (tertiary/aromatic N) is 5. The number of hydrogen-bond acceptors (Lipinski definition) is 9. The lowest BCUT2D eigenvalue weighted by molar-refractivity contribution is -0.0857. The molecule has 3 aliphatic heterocycles. The second-order valence-electron chi connectivity index (χ2n) is 12.2. The maximum absolute atomic E-state index is 12.6. The molecule has 3 saturated heterocycles. The summed E-state index contributed by atoms with van der Waals surface area (Å²) in [4.78, 5) is 34.9. The SMILES string of the molecule is Cc1cc(-c2ccn3nc(Nc4ccc(C(=O)NCC5CCOCC5)cn4)cc3c2)c(OC2C[C@H]3COC[C@@H](C2)N3C(=O)O)cn1. The van der Waals surface area contributed by atoms with E-state index >= 15 is 0 Å². The van der Waals surface area contributed by atoms with Crippen LogP contribution in [0.5, 0.6) is 5.75 Å². The fourth-order valence-corrected chi connectivity index (χ4v) is 6.57. The first-order valence-electron chi connectivity index (χ1n) is 15.7. The Bertz CT molecular complexity index is 1710. The number of aromatic nitrogens is 4. The molecular formula is C33H37N7O6. The molecule has 2 bridgehead atoms. The normalized spacial score (nSPS) is 21.6. The maximum Gasteiger partial charge on any atom is 0.407 e. The van der Waals surface area contributed by atoms with E-state index in [0.29, 0.717) is 61.5 Å². The summed E-state index contributed by atoms with van der Waals surface area (Å²) in [7, 11) is 0. The summed E-state index contributed by atoms with van der Waals surface area (Å²) in [5.74, 6) is 2.16. The minimum Gasteiger partial charge on any atom is -0.488 e. The standard InChI is InChI=1S/C33H37N7O6/c1-20-10-28(29(17-34-20)46-27-12-25-18-45-19-26(13-27)40(25)33(42)43)22-4-7-39-24(11-22)14-31(38-39)37-30-3-2-23(16-35-30)32(41)36-15-21-5-8-44-9-6-21/h2-4,7,10-11,14,16-17,21,25-27H,5-6,8-9,12-13,15,18-19H2,1H3,(H,36,41)(H,42,43)(H,35,37,38)/t25-,26+,27?. The molecule has 0 radical (unpaired) electrons. The minimum atomic E-state index is -0.908. The number of piperidine rings is 1. The van der Waals surface area contributed by atoms with Crippen molar-refractivity contribution in [2.45, 2.75) is 50.8 Å². The number of nitrogens with one attached hydrogen (secondary N) is 2. The first-order valence-corrected chi connectivity index (χ1v) is 15.7. The van der Waals surface area contributed by atoms with E-state index in [9.17, 15) is 14.7 Å². The van der Waals surface area contributed by atoms with Crippen molar-refractivity contribution >= 4 is 29.2 Å². The quantitative estimate of drug-likeness (QED) is 0.258. The molecule has 4 aromatic rings. The zero-order valence-electron chi connectivity index (χ0n) is 25.6. The number of hydrogen-bond donors (Lipinski definition) is 3. The zero-order valence-corrected chi connectivity index (χ0v) is 25.6. The average molecular weight is 628 g/mol. The van der Waals surface area contributed by atoms with E-state index in [1.54, 1.807) is 29.0 Å². The molecule has 3 N–H and O–H groups in total. The first kappa shape index (κ1) is 29.9. The average Bonchev–Trinajstić information content (AvgIpc) is 3.46. The van der Waals surface area contributed by atoms with Crippen LogP contribution in [0.4, 0.5) is 16.4 Å². The number of morpholine rings is 1. The highest BCUT2D eigenvalue weighted by molar-refractivity contribution is 5.94. The molecule has 3 fully saturated rings. The zero-order chi connectivity index (χ0) is 31.6. The highest BCUT2D eigenvalue weighted by atomic mass is 16.5. The summed E-state index contributed by atoms with van der Waals surface area (Å²) in [6.45, 7) is 4.83. The number of carboxylic acid groups (broad SMARTS) is 1. The van der Waals surface area contributed by atoms with Crippen molar-refractivity contribution in [3.05, 3.63) is 66.2 Å². The number of pyridine rings is 3. The van der Waals surface area contributed by atoms with Gasteiger partial charge in [-0.3, -0.25) is 14.7 Å². The van der Waals surface area contributed by atoms with Crippen LogP contribution in [0.15, 0.2) is 55.0 Å². The molecule has 240 valence electrons. The first-order chi connectivity index (χ1) is 22.4. The number of aryl methyl sites for hydroxylation is 1. The smallest absolute Gasteiger partial charge is 0.407 e. The Morgan fingerprint density at radius 1 is 1.00 bits per heavy atom. The van der Waals surface area contributed by atoms with Gasteiger partial charge in [0.1, 0.15) is 17.7 Å². The largest absolute Gasteiger partial charge is 0.488 e. The second-order valence-corrected chi connectivity index (χ2v) is 12.2. The molecule has 3 aliphatic rings. The Labute approximate surface area is 265 Å². The van der Waals surface area contributed by atoms with E-state index < -0.39 is 6.09 Å². The maximum atomic E-state index is 12.6. The third kappa shape index (κ3) is 6.46. The molecule has 0 aliphatic carbocycles. The molecule has 0 aromatic carbocycles. The van der Waals surface area contributed by atoms with Crippen molar-refractivity contribution in [2.75, 3.05) is 38.3 Å². The summed E-state index contributed by atoms with van der Waals surface area (Å²) < 4.78 is 19.3. The molecule has 1 unspecified atom stereocenters. The van der Waals surface area contributed by atoms with Gasteiger partial charge in [0, 0.05) is 62.3 Å². The molecule has 0 saturated carbocycles. The van der Waals surface area contributed by atoms with Crippen LogP contribution in [0, 0.1) is 12.8 Å². The monoisotopic (exact) mass is 627 g/mol. The minimum absolute atomic E-state index is 0.136. The van der Waals surface area contributed by atoms with Crippen molar-refractivity contribution < 1.29 is 28.9 Å². The number of anilines is 2. The van der Waals surface area contributed by atoms with Gasteiger partial charge in [-0.2, -0.15) is 5.10 Å². The van der Waals surface area contributed by atoms with E-state index in [1.807, 2.05) is 37.4 Å². The summed E-state index contributed by atoms with van der Waals surface area (Å²) in [6.07, 6.45) is 7.19. The predicted octanol–water partition coefficient (Wildman–Crippen LogP) is 4.29. The van der Waals surface area contributed by atoms with Crippen LogP contribution >= 0.6 is 0 Å². The van der Waals surface area contributed by atoms with Gasteiger partial charge in [0.15, 0.2) is 5.82 Å². The van der Waals surface area contributed by atoms with Crippen molar-refractivity contribution in [1.29, 1.82) is 0 Å². The molecule has 7 rings (SSSR count). The third-order valence-electron chi connectivity index (χ3n) is 8.94. The molecule has 4 aromatic heterocycles. The van der Waals surface area contributed by atoms with Gasteiger partial charge in [-0.05, 0) is 61.6 Å². The lowest BCUT2D eigenvalue weighted by Gasteiger charge is -2.46. The molecule has 46 heavy (non-hydrogen) atoms. The molecule has 7 heterocycles. The van der Waals surface area contributed by atoms with Crippen LogP contribution in [0.2, 0.25) is 0 Å². The number of carbonyl (C=O) groups is 2. The summed E-state index contributed by atoms with van der Waals surface area (Å²) in [5, 5.41) is 20.6. The van der Waals surface area contributed by atoms with Crippen LogP contribution in [0.1, 0.15) is 41.7 Å². The molecule has 3 atom stereocenters. The van der Waals surface area contributed by atoms with Gasteiger partial charge in [-0.15, -0.1) is 0 Å². The van der Waals surface area contributed by atoms with Gasteiger partial charge in [0.05, 0.1) is 42.6 Å². The van der Waals surface area contributed by atoms with E-state index in [0.717, 1.165) is 48.4 Å². The Morgan fingerprint density at radius 2 is 1.80 bits per heavy atom. The fraction of sp³-hybridized carbons (Fsp3) is 0.424. The van der Waals surface area contributed by atoms with Crippen molar-refractivity contribution in [3.8, 4) is 16.9 Å².